The van der Waals surface area contributed by atoms with Crippen molar-refractivity contribution in [2.45, 2.75) is 13.8 Å². The number of furan rings is 1. The van der Waals surface area contributed by atoms with E-state index in [1.54, 1.807) is 6.26 Å². The van der Waals surface area contributed by atoms with Crippen molar-refractivity contribution in [3.63, 3.8) is 0 Å². The molecule has 1 heterocycles. The van der Waals surface area contributed by atoms with Crippen LogP contribution in [0.15, 0.2) is 40.0 Å². The predicted molar refractivity (Wildman–Crippen MR) is 72.8 cm³/mol. The number of allylic oxidation sites excluding steroid dienone is 4. The van der Waals surface area contributed by atoms with Gasteiger partial charge < -0.3 is 4.42 Å². The Bertz CT molecular complexity index is 423. The topological polar surface area (TPSA) is 13.1 Å². The molecule has 1 aliphatic rings. The summed E-state index contributed by atoms with van der Waals surface area (Å²) in [4.78, 5) is 0. The van der Waals surface area contributed by atoms with Gasteiger partial charge in [-0.1, -0.05) is 11.6 Å². The van der Waals surface area contributed by atoms with E-state index in [0.29, 0.717) is 0 Å². The molecule has 1 nitrogen and oxygen atoms in total. The Kier molecular flexibility index (Phi) is 6.36. The zero-order valence-electron chi connectivity index (χ0n) is 9.31. The SMILES string of the molecule is CC1=CC(C)=C(c2ccco2)[CH]1.[Cl][Zr]([Cl])([Cl])[Cl]. The van der Waals surface area contributed by atoms with Crippen LogP contribution in [-0.4, -0.2) is 0 Å². The van der Waals surface area contributed by atoms with Gasteiger partial charge in [-0.05, 0) is 31.6 Å². The maximum atomic E-state index is 5.31. The second-order valence-corrected chi connectivity index (χ2v) is 25.9. The predicted octanol–water partition coefficient (Wildman–Crippen LogP) is 5.97. The Balaban J connectivity index is 0.000000249. The van der Waals surface area contributed by atoms with E-state index in [1.807, 2.05) is 12.1 Å². The van der Waals surface area contributed by atoms with E-state index in [2.05, 4.69) is 26.3 Å². The summed E-state index contributed by atoms with van der Waals surface area (Å²) in [5.41, 5.74) is 3.78. The molecule has 1 aromatic rings. The van der Waals surface area contributed by atoms with Crippen LogP contribution in [0.25, 0.3) is 5.57 Å². The fourth-order valence-electron chi connectivity index (χ4n) is 1.50. The zero-order valence-corrected chi connectivity index (χ0v) is 14.8. The van der Waals surface area contributed by atoms with Crippen LogP contribution in [0.2, 0.25) is 0 Å². The average molecular weight is 392 g/mol. The van der Waals surface area contributed by atoms with Gasteiger partial charge in [-0.2, -0.15) is 0 Å². The van der Waals surface area contributed by atoms with Crippen molar-refractivity contribution in [2.75, 3.05) is 0 Å². The van der Waals surface area contributed by atoms with Crippen LogP contribution < -0.4 is 0 Å². The van der Waals surface area contributed by atoms with Gasteiger partial charge in [-0.25, -0.2) is 0 Å². The van der Waals surface area contributed by atoms with E-state index in [1.165, 1.54) is 16.7 Å². The summed E-state index contributed by atoms with van der Waals surface area (Å²) in [6, 6.07) is 3.90. The first kappa shape index (κ1) is 15.9. The van der Waals surface area contributed by atoms with Crippen molar-refractivity contribution in [3.05, 3.63) is 47.8 Å². The van der Waals surface area contributed by atoms with E-state index >= 15 is 0 Å². The van der Waals surface area contributed by atoms with E-state index in [-0.39, 0.29) is 0 Å². The van der Waals surface area contributed by atoms with Crippen molar-refractivity contribution < 1.29 is 19.9 Å². The summed E-state index contributed by atoms with van der Waals surface area (Å²) < 4.78 is 5.31. The fraction of sp³-hybridized carbons (Fsp3) is 0.182. The molecule has 1 aromatic heterocycles. The number of hydrogen-bond donors (Lipinski definition) is 0. The third-order valence-electron chi connectivity index (χ3n) is 2.03. The summed E-state index contributed by atoms with van der Waals surface area (Å²) in [5.74, 6) is 0.959. The van der Waals surface area contributed by atoms with E-state index in [4.69, 9.17) is 38.5 Å². The molecule has 0 unspecified atom stereocenters. The average Bonchev–Trinajstić information content (AvgIpc) is 2.71. The standard InChI is InChI=1S/C11H11O.4ClH.Zr/c1-8-6-9(2)10(7-8)11-4-3-5-12-11;;;;;/h3-7H,1-2H3;4*1H;/q;;;;;+4/p-4. The van der Waals surface area contributed by atoms with Gasteiger partial charge in [-0.3, -0.25) is 0 Å². The van der Waals surface area contributed by atoms with Gasteiger partial charge in [0, 0.05) is 12.0 Å². The molecule has 1 aliphatic carbocycles. The van der Waals surface area contributed by atoms with Crippen LogP contribution in [0.5, 0.6) is 0 Å². The van der Waals surface area contributed by atoms with Crippen LogP contribution >= 0.6 is 34.1 Å². The monoisotopic (exact) mass is 389 g/mol. The molecule has 0 bridgehead atoms. The first-order chi connectivity index (χ1) is 7.77. The molecule has 0 N–H and O–H groups in total. The molecule has 0 spiro atoms. The Morgan fingerprint density at radius 2 is 1.71 bits per heavy atom. The molecule has 1 radical (unpaired) electrons. The van der Waals surface area contributed by atoms with Crippen molar-refractivity contribution in [1.82, 2.24) is 0 Å². The zero-order chi connectivity index (χ0) is 13.1. The van der Waals surface area contributed by atoms with Gasteiger partial charge in [-0.15, -0.1) is 0 Å². The van der Waals surface area contributed by atoms with Crippen LogP contribution in [0.1, 0.15) is 19.6 Å². The molecule has 0 amide bonds. The Hall–Kier alpha value is 0.803. The molecular weight excluding hydrogens is 381 g/mol. The molecule has 0 fully saturated rings. The van der Waals surface area contributed by atoms with E-state index in [9.17, 15) is 0 Å². The molecule has 0 aromatic carbocycles. The van der Waals surface area contributed by atoms with E-state index in [0.717, 1.165) is 5.76 Å². The third-order valence-corrected chi connectivity index (χ3v) is 2.03. The molecule has 17 heavy (non-hydrogen) atoms. The minimum absolute atomic E-state index is 0.959. The second kappa shape index (κ2) is 6.82. The van der Waals surface area contributed by atoms with Crippen LogP contribution in [0.3, 0.4) is 0 Å². The number of halogens is 4. The van der Waals surface area contributed by atoms with Crippen LogP contribution in [0, 0.1) is 6.42 Å². The normalized spacial score (nSPS) is 15.5. The van der Waals surface area contributed by atoms with Crippen LogP contribution in [-0.2, 0) is 15.5 Å². The van der Waals surface area contributed by atoms with Crippen molar-refractivity contribution in [1.29, 1.82) is 0 Å². The summed E-state index contributed by atoms with van der Waals surface area (Å²) in [7, 11) is 20.1. The molecule has 0 atom stereocenters. The Labute approximate surface area is 120 Å². The van der Waals surface area contributed by atoms with Crippen LogP contribution in [0.4, 0.5) is 0 Å². The number of rotatable bonds is 1. The summed E-state index contributed by atoms with van der Waals surface area (Å²) in [6.07, 6.45) is 6.02. The summed E-state index contributed by atoms with van der Waals surface area (Å²) >= 11 is -3.29. The van der Waals surface area contributed by atoms with Crippen molar-refractivity contribution in [3.8, 4) is 0 Å². The first-order valence-corrected chi connectivity index (χ1v) is 17.5. The second-order valence-electron chi connectivity index (χ2n) is 3.54. The van der Waals surface area contributed by atoms with Gasteiger partial charge in [0.1, 0.15) is 5.76 Å². The fourth-order valence-corrected chi connectivity index (χ4v) is 1.50. The van der Waals surface area contributed by atoms with Gasteiger partial charge in [0.15, 0.2) is 0 Å². The molecule has 0 saturated heterocycles. The quantitative estimate of drug-likeness (QED) is 0.574. The maximum absolute atomic E-state index is 5.31. The summed E-state index contributed by atoms with van der Waals surface area (Å²) in [6.45, 7) is 4.20. The number of hydrogen-bond acceptors (Lipinski definition) is 1. The molecule has 0 aliphatic heterocycles. The minimum atomic E-state index is -3.29. The molecule has 0 saturated carbocycles. The molecular formula is C11H11Cl4OZr. The third kappa shape index (κ3) is 6.50. The van der Waals surface area contributed by atoms with Gasteiger partial charge in [0.25, 0.3) is 0 Å². The summed E-state index contributed by atoms with van der Waals surface area (Å²) in [5, 5.41) is 0. The first-order valence-electron chi connectivity index (χ1n) is 4.81. The van der Waals surface area contributed by atoms with Crippen molar-refractivity contribution >= 4 is 39.6 Å². The van der Waals surface area contributed by atoms with E-state index < -0.39 is 15.5 Å². The van der Waals surface area contributed by atoms with Crippen molar-refractivity contribution in [2.24, 2.45) is 0 Å². The molecule has 2 rings (SSSR count). The van der Waals surface area contributed by atoms with Gasteiger partial charge >= 0.3 is 49.5 Å². The molecule has 93 valence electrons. The Morgan fingerprint density at radius 1 is 1.12 bits per heavy atom. The Morgan fingerprint density at radius 3 is 2.06 bits per heavy atom. The van der Waals surface area contributed by atoms with Gasteiger partial charge in [0.05, 0.1) is 6.26 Å². The molecule has 6 heteroatoms. The van der Waals surface area contributed by atoms with Gasteiger partial charge in [0.2, 0.25) is 0 Å².